The fourth-order valence-corrected chi connectivity index (χ4v) is 2.95. The first kappa shape index (κ1) is 15.1. The second kappa shape index (κ2) is 6.13. The molecular weight excluding hydrogens is 312 g/mol. The van der Waals surface area contributed by atoms with E-state index in [-0.39, 0.29) is 11.3 Å². The van der Waals surface area contributed by atoms with Crippen molar-refractivity contribution >= 4 is 34.2 Å². The molecule has 2 heterocycles. The Morgan fingerprint density at radius 2 is 2.00 bits per heavy atom. The van der Waals surface area contributed by atoms with Gasteiger partial charge in [0.25, 0.3) is 11.5 Å². The number of nitrogens with zero attached hydrogens (tertiary/aromatic N) is 3. The molecular formula is C16H14N4O2S. The van der Waals surface area contributed by atoms with Crippen LogP contribution in [0.1, 0.15) is 20.2 Å². The predicted octanol–water partition coefficient (Wildman–Crippen LogP) is 2.07. The third kappa shape index (κ3) is 3.04. The molecule has 116 valence electrons. The summed E-state index contributed by atoms with van der Waals surface area (Å²) < 4.78 is 1.16. The van der Waals surface area contributed by atoms with Gasteiger partial charge in [-0.2, -0.15) is 10.2 Å². The van der Waals surface area contributed by atoms with Crippen LogP contribution in [0.25, 0.3) is 10.8 Å². The molecule has 0 radical (unpaired) electrons. The Hall–Kier alpha value is -2.80. The summed E-state index contributed by atoms with van der Waals surface area (Å²) in [5, 5.41) is 8.96. The third-order valence-corrected chi connectivity index (χ3v) is 4.23. The van der Waals surface area contributed by atoms with Gasteiger partial charge in [0, 0.05) is 22.2 Å². The van der Waals surface area contributed by atoms with Crippen LogP contribution in [0.15, 0.2) is 46.3 Å². The third-order valence-electron chi connectivity index (χ3n) is 3.29. The molecule has 2 aromatic heterocycles. The lowest BCUT2D eigenvalue weighted by Crippen LogP contribution is -2.27. The molecule has 1 N–H and O–H groups in total. The van der Waals surface area contributed by atoms with Crippen LogP contribution in [-0.4, -0.2) is 21.9 Å². The summed E-state index contributed by atoms with van der Waals surface area (Å²) >= 11 is 1.58. The second-order valence-corrected chi connectivity index (χ2v) is 6.29. The maximum absolute atomic E-state index is 12.3. The number of aromatic nitrogens is 2. The van der Waals surface area contributed by atoms with Crippen LogP contribution in [0.3, 0.4) is 0 Å². The van der Waals surface area contributed by atoms with E-state index in [0.29, 0.717) is 10.8 Å². The minimum atomic E-state index is -0.457. The first-order chi connectivity index (χ1) is 11.1. The Morgan fingerprint density at radius 1 is 1.26 bits per heavy atom. The van der Waals surface area contributed by atoms with E-state index in [4.69, 9.17) is 0 Å². The van der Waals surface area contributed by atoms with E-state index in [9.17, 15) is 9.59 Å². The highest BCUT2D eigenvalue weighted by Gasteiger charge is 2.14. The van der Waals surface area contributed by atoms with Crippen molar-refractivity contribution in [2.45, 2.75) is 6.92 Å². The number of benzene rings is 1. The molecule has 0 atom stereocenters. The lowest BCUT2D eigenvalue weighted by molar-refractivity contribution is 0.0950. The number of aryl methyl sites for hydroxylation is 2. The van der Waals surface area contributed by atoms with Gasteiger partial charge < -0.3 is 0 Å². The number of carbonyl (C=O) groups is 1. The van der Waals surface area contributed by atoms with Crippen molar-refractivity contribution < 1.29 is 4.79 Å². The van der Waals surface area contributed by atoms with Crippen molar-refractivity contribution in [2.24, 2.45) is 12.1 Å². The maximum Gasteiger partial charge on any atom is 0.292 e. The highest BCUT2D eigenvalue weighted by Crippen LogP contribution is 2.13. The zero-order chi connectivity index (χ0) is 16.4. The van der Waals surface area contributed by atoms with Crippen molar-refractivity contribution in [1.29, 1.82) is 0 Å². The number of carbonyl (C=O) groups excluding carboxylic acids is 1. The summed E-state index contributed by atoms with van der Waals surface area (Å²) in [5.41, 5.74) is 2.38. The number of hydrazone groups is 1. The molecule has 0 saturated carbocycles. The molecule has 0 unspecified atom stereocenters. The zero-order valence-corrected chi connectivity index (χ0v) is 13.4. The van der Waals surface area contributed by atoms with Gasteiger partial charge in [0.2, 0.25) is 0 Å². The molecule has 0 fully saturated rings. The van der Waals surface area contributed by atoms with Gasteiger partial charge in [-0.05, 0) is 25.1 Å². The number of nitrogens with one attached hydrogen (secondary N) is 1. The molecule has 23 heavy (non-hydrogen) atoms. The molecule has 6 nitrogen and oxygen atoms in total. The SMILES string of the molecule is Cc1ccc(/C=N\NC(=O)c2nn(C)c(=O)c3ccccc23)s1. The Balaban J connectivity index is 1.91. The zero-order valence-electron chi connectivity index (χ0n) is 12.6. The van der Waals surface area contributed by atoms with Crippen LogP contribution in [0.4, 0.5) is 0 Å². The van der Waals surface area contributed by atoms with E-state index < -0.39 is 5.91 Å². The molecule has 0 bridgehead atoms. The fourth-order valence-electron chi connectivity index (χ4n) is 2.20. The van der Waals surface area contributed by atoms with Gasteiger partial charge >= 0.3 is 0 Å². The number of amides is 1. The number of hydrogen-bond acceptors (Lipinski definition) is 5. The molecule has 0 aliphatic rings. The fraction of sp³-hybridized carbons (Fsp3) is 0.125. The Morgan fingerprint density at radius 3 is 2.70 bits per heavy atom. The van der Waals surface area contributed by atoms with Gasteiger partial charge in [-0.3, -0.25) is 9.59 Å². The van der Waals surface area contributed by atoms with E-state index in [1.54, 1.807) is 41.8 Å². The first-order valence-electron chi connectivity index (χ1n) is 6.92. The molecule has 3 rings (SSSR count). The summed E-state index contributed by atoms with van der Waals surface area (Å²) in [6.07, 6.45) is 1.58. The van der Waals surface area contributed by atoms with Crippen molar-refractivity contribution in [2.75, 3.05) is 0 Å². The lowest BCUT2D eigenvalue weighted by Gasteiger charge is -2.06. The average Bonchev–Trinajstić information content (AvgIpc) is 2.96. The van der Waals surface area contributed by atoms with Crippen molar-refractivity contribution in [3.8, 4) is 0 Å². The van der Waals surface area contributed by atoms with E-state index in [0.717, 1.165) is 9.56 Å². The van der Waals surface area contributed by atoms with Crippen LogP contribution in [0, 0.1) is 6.92 Å². The topological polar surface area (TPSA) is 76.3 Å². The Labute approximate surface area is 136 Å². The minimum Gasteiger partial charge on any atom is -0.267 e. The highest BCUT2D eigenvalue weighted by molar-refractivity contribution is 7.13. The van der Waals surface area contributed by atoms with E-state index in [1.165, 1.54) is 11.9 Å². The molecule has 3 aromatic rings. The smallest absolute Gasteiger partial charge is 0.267 e. The molecule has 1 amide bonds. The summed E-state index contributed by atoms with van der Waals surface area (Å²) in [6, 6.07) is 10.8. The van der Waals surface area contributed by atoms with Gasteiger partial charge in [-0.25, -0.2) is 10.1 Å². The molecule has 0 spiro atoms. The molecule has 7 heteroatoms. The number of hydrogen-bond donors (Lipinski definition) is 1. The van der Waals surface area contributed by atoms with E-state index in [2.05, 4.69) is 15.6 Å². The van der Waals surface area contributed by atoms with Crippen LogP contribution < -0.4 is 11.0 Å². The minimum absolute atomic E-state index is 0.169. The first-order valence-corrected chi connectivity index (χ1v) is 7.74. The number of fused-ring (bicyclic) bond motifs is 1. The van der Waals surface area contributed by atoms with Gasteiger partial charge in [0.15, 0.2) is 5.69 Å². The highest BCUT2D eigenvalue weighted by atomic mass is 32.1. The summed E-state index contributed by atoms with van der Waals surface area (Å²) in [5.74, 6) is -0.457. The maximum atomic E-state index is 12.3. The Kier molecular flexibility index (Phi) is 4.03. The predicted molar refractivity (Wildman–Crippen MR) is 91.1 cm³/mol. The van der Waals surface area contributed by atoms with E-state index in [1.807, 2.05) is 19.1 Å². The molecule has 1 aromatic carbocycles. The molecule has 0 aliphatic heterocycles. The summed E-state index contributed by atoms with van der Waals surface area (Å²) in [6.45, 7) is 2.00. The summed E-state index contributed by atoms with van der Waals surface area (Å²) in [4.78, 5) is 26.5. The van der Waals surface area contributed by atoms with Gasteiger partial charge in [0.05, 0.1) is 11.6 Å². The van der Waals surface area contributed by atoms with Gasteiger partial charge in [-0.15, -0.1) is 11.3 Å². The van der Waals surface area contributed by atoms with Crippen LogP contribution >= 0.6 is 11.3 Å². The van der Waals surface area contributed by atoms with Gasteiger partial charge in [-0.1, -0.05) is 18.2 Å². The monoisotopic (exact) mass is 326 g/mol. The largest absolute Gasteiger partial charge is 0.292 e. The second-order valence-electron chi connectivity index (χ2n) is 4.97. The Bertz CT molecular complexity index is 972. The normalized spacial score (nSPS) is 11.2. The van der Waals surface area contributed by atoms with Crippen LogP contribution in [0.2, 0.25) is 0 Å². The van der Waals surface area contributed by atoms with Crippen molar-refractivity contribution in [1.82, 2.24) is 15.2 Å². The standard InChI is InChI=1S/C16H14N4O2S/c1-10-7-8-11(23-10)9-17-18-15(21)14-12-5-3-4-6-13(12)16(22)20(2)19-14/h3-9H,1-2H3,(H,18,21)/b17-9-. The van der Waals surface area contributed by atoms with Gasteiger partial charge in [0.1, 0.15) is 0 Å². The van der Waals surface area contributed by atoms with Crippen LogP contribution in [-0.2, 0) is 7.05 Å². The quantitative estimate of drug-likeness (QED) is 0.591. The molecule has 0 saturated heterocycles. The number of rotatable bonds is 3. The van der Waals surface area contributed by atoms with E-state index >= 15 is 0 Å². The van der Waals surface area contributed by atoms with Crippen LogP contribution in [0.5, 0.6) is 0 Å². The molecule has 0 aliphatic carbocycles. The van der Waals surface area contributed by atoms with Crippen molar-refractivity contribution in [3.63, 3.8) is 0 Å². The van der Waals surface area contributed by atoms with Crippen molar-refractivity contribution in [3.05, 3.63) is 62.2 Å². The average molecular weight is 326 g/mol. The number of thiophene rings is 1. The lowest BCUT2D eigenvalue weighted by atomic mass is 10.1. The summed E-state index contributed by atoms with van der Waals surface area (Å²) in [7, 11) is 1.52.